The van der Waals surface area contributed by atoms with Crippen molar-refractivity contribution in [1.29, 1.82) is 0 Å². The molecule has 150 valence electrons. The lowest BCUT2D eigenvalue weighted by molar-refractivity contribution is -0.128. The Hall–Kier alpha value is -3.00. The van der Waals surface area contributed by atoms with Gasteiger partial charge in [-0.25, -0.2) is 8.78 Å². The summed E-state index contributed by atoms with van der Waals surface area (Å²) in [6, 6.07) is 8.73. The highest BCUT2D eigenvalue weighted by atomic mass is 35.5. The van der Waals surface area contributed by atoms with Crippen LogP contribution in [0.15, 0.2) is 40.9 Å². The van der Waals surface area contributed by atoms with Crippen molar-refractivity contribution in [3.63, 3.8) is 0 Å². The van der Waals surface area contributed by atoms with Gasteiger partial charge in [-0.15, -0.1) is 0 Å². The second-order valence-corrected chi connectivity index (χ2v) is 7.14. The van der Waals surface area contributed by atoms with Crippen LogP contribution < -0.4 is 4.74 Å². The van der Waals surface area contributed by atoms with E-state index >= 15 is 0 Å². The molecule has 0 bridgehead atoms. The van der Waals surface area contributed by atoms with Crippen LogP contribution >= 0.6 is 11.6 Å². The summed E-state index contributed by atoms with van der Waals surface area (Å²) in [6.07, 6.45) is 0.216. The Morgan fingerprint density at radius 1 is 1.24 bits per heavy atom. The second-order valence-electron chi connectivity index (χ2n) is 6.73. The SMILES string of the molecule is COc1ccc(-c2noc(C3CC(=O)N(Cc4ccc(F)c(Cl)c4)C3)n2)cc1F. The fourth-order valence-electron chi connectivity index (χ4n) is 3.27. The number of likely N-dealkylation sites (tertiary alicyclic amines) is 1. The first-order chi connectivity index (χ1) is 13.9. The van der Waals surface area contributed by atoms with Gasteiger partial charge in [-0.1, -0.05) is 22.8 Å². The zero-order valence-corrected chi connectivity index (χ0v) is 16.1. The summed E-state index contributed by atoms with van der Waals surface area (Å²) in [7, 11) is 1.38. The molecular formula is C20H16ClF2N3O3. The van der Waals surface area contributed by atoms with E-state index < -0.39 is 11.6 Å². The zero-order chi connectivity index (χ0) is 20.5. The fourth-order valence-corrected chi connectivity index (χ4v) is 3.48. The third-order valence-corrected chi connectivity index (χ3v) is 5.06. The quantitative estimate of drug-likeness (QED) is 0.620. The van der Waals surface area contributed by atoms with Crippen molar-refractivity contribution < 1.29 is 22.8 Å². The largest absolute Gasteiger partial charge is 0.494 e. The molecule has 1 fully saturated rings. The highest BCUT2D eigenvalue weighted by Crippen LogP contribution is 2.31. The van der Waals surface area contributed by atoms with Crippen LogP contribution in [0.3, 0.4) is 0 Å². The average molecular weight is 420 g/mol. The van der Waals surface area contributed by atoms with Crippen molar-refractivity contribution in [3.8, 4) is 17.1 Å². The molecule has 1 unspecified atom stereocenters. The van der Waals surface area contributed by atoms with E-state index in [0.29, 0.717) is 24.5 Å². The van der Waals surface area contributed by atoms with Gasteiger partial charge in [0.25, 0.3) is 0 Å². The first kappa shape index (κ1) is 19.3. The van der Waals surface area contributed by atoms with Crippen molar-refractivity contribution in [2.45, 2.75) is 18.9 Å². The molecule has 3 aromatic rings. The smallest absolute Gasteiger partial charge is 0.232 e. The molecule has 2 heterocycles. The predicted molar refractivity (Wildman–Crippen MR) is 100 cm³/mol. The van der Waals surface area contributed by atoms with Gasteiger partial charge < -0.3 is 14.2 Å². The van der Waals surface area contributed by atoms with E-state index in [9.17, 15) is 13.6 Å². The number of ether oxygens (including phenoxy) is 1. The normalized spacial score (nSPS) is 16.5. The molecule has 9 heteroatoms. The fraction of sp³-hybridized carbons (Fsp3) is 0.250. The summed E-state index contributed by atoms with van der Waals surface area (Å²) in [5, 5.41) is 3.91. The highest BCUT2D eigenvalue weighted by Gasteiger charge is 2.34. The Kier molecular flexibility index (Phi) is 5.19. The van der Waals surface area contributed by atoms with Crippen molar-refractivity contribution in [2.75, 3.05) is 13.7 Å². The Morgan fingerprint density at radius 3 is 2.79 bits per heavy atom. The van der Waals surface area contributed by atoms with E-state index in [1.807, 2.05) is 0 Å². The van der Waals surface area contributed by atoms with E-state index in [0.717, 1.165) is 5.56 Å². The Bertz CT molecular complexity index is 1070. The number of carbonyl (C=O) groups excluding carboxylic acids is 1. The number of hydrogen-bond donors (Lipinski definition) is 0. The van der Waals surface area contributed by atoms with Gasteiger partial charge in [0.2, 0.25) is 17.6 Å². The van der Waals surface area contributed by atoms with Crippen molar-refractivity contribution in [2.24, 2.45) is 0 Å². The molecule has 1 aliphatic rings. The van der Waals surface area contributed by atoms with Crippen molar-refractivity contribution >= 4 is 17.5 Å². The number of rotatable bonds is 5. The molecule has 1 aliphatic heterocycles. The maximum atomic E-state index is 13.9. The molecule has 1 atom stereocenters. The van der Waals surface area contributed by atoms with Crippen LogP contribution in [0.25, 0.3) is 11.4 Å². The van der Waals surface area contributed by atoms with Crippen molar-refractivity contribution in [3.05, 3.63) is 64.5 Å². The number of hydrogen-bond acceptors (Lipinski definition) is 5. The molecule has 0 saturated carbocycles. The molecule has 0 radical (unpaired) electrons. The summed E-state index contributed by atoms with van der Waals surface area (Å²) >= 11 is 5.81. The average Bonchev–Trinajstić information content (AvgIpc) is 3.32. The van der Waals surface area contributed by atoms with E-state index in [2.05, 4.69) is 10.1 Å². The number of carbonyl (C=O) groups is 1. The number of halogens is 3. The van der Waals surface area contributed by atoms with E-state index in [1.165, 1.54) is 31.4 Å². The van der Waals surface area contributed by atoms with E-state index in [-0.39, 0.29) is 34.8 Å². The van der Waals surface area contributed by atoms with Crippen LogP contribution in [0.1, 0.15) is 23.8 Å². The van der Waals surface area contributed by atoms with Gasteiger partial charge >= 0.3 is 0 Å². The van der Waals surface area contributed by atoms with E-state index in [4.69, 9.17) is 20.9 Å². The first-order valence-corrected chi connectivity index (χ1v) is 9.21. The van der Waals surface area contributed by atoms with Gasteiger partial charge in [0, 0.05) is 25.1 Å². The van der Waals surface area contributed by atoms with Gasteiger partial charge in [-0.3, -0.25) is 4.79 Å². The maximum Gasteiger partial charge on any atom is 0.232 e. The minimum Gasteiger partial charge on any atom is -0.494 e. The molecule has 1 amide bonds. The molecule has 1 aromatic heterocycles. The minimum absolute atomic E-state index is 0.0129. The number of benzene rings is 2. The molecular weight excluding hydrogens is 404 g/mol. The monoisotopic (exact) mass is 419 g/mol. The second kappa shape index (κ2) is 7.79. The third kappa shape index (κ3) is 3.93. The Morgan fingerprint density at radius 2 is 2.07 bits per heavy atom. The maximum absolute atomic E-state index is 13.9. The first-order valence-electron chi connectivity index (χ1n) is 8.84. The number of nitrogens with zero attached hydrogens (tertiary/aromatic N) is 3. The van der Waals surface area contributed by atoms with Gasteiger partial charge in [-0.2, -0.15) is 4.98 Å². The molecule has 0 spiro atoms. The number of amides is 1. The number of methoxy groups -OCH3 is 1. The van der Waals surface area contributed by atoms with Gasteiger partial charge in [-0.05, 0) is 35.9 Å². The van der Waals surface area contributed by atoms with Crippen molar-refractivity contribution in [1.82, 2.24) is 15.0 Å². The Labute approximate surface area is 170 Å². The van der Waals surface area contributed by atoms with Crippen LogP contribution in [0, 0.1) is 11.6 Å². The third-order valence-electron chi connectivity index (χ3n) is 4.77. The minimum atomic E-state index is -0.531. The lowest BCUT2D eigenvalue weighted by atomic mass is 10.1. The highest BCUT2D eigenvalue weighted by molar-refractivity contribution is 6.30. The molecule has 2 aromatic carbocycles. The van der Waals surface area contributed by atoms with Crippen LogP contribution in [0.2, 0.25) is 5.02 Å². The lowest BCUT2D eigenvalue weighted by Crippen LogP contribution is -2.24. The molecule has 0 aliphatic carbocycles. The van der Waals surface area contributed by atoms with Crippen LogP contribution in [0.5, 0.6) is 5.75 Å². The summed E-state index contributed by atoms with van der Waals surface area (Å²) in [5.41, 5.74) is 1.17. The molecule has 1 saturated heterocycles. The van der Waals surface area contributed by atoms with Gasteiger partial charge in [0.05, 0.1) is 18.1 Å². The van der Waals surface area contributed by atoms with Crippen LogP contribution in [0.4, 0.5) is 8.78 Å². The van der Waals surface area contributed by atoms with Gasteiger partial charge in [0.1, 0.15) is 5.82 Å². The molecule has 4 rings (SSSR count). The molecule has 29 heavy (non-hydrogen) atoms. The van der Waals surface area contributed by atoms with Crippen LogP contribution in [-0.4, -0.2) is 34.6 Å². The number of aromatic nitrogens is 2. The predicted octanol–water partition coefficient (Wildman–Crippen LogP) is 4.19. The Balaban J connectivity index is 1.48. The summed E-state index contributed by atoms with van der Waals surface area (Å²) < 4.78 is 37.4. The zero-order valence-electron chi connectivity index (χ0n) is 15.4. The standard InChI is InChI=1S/C20H16ClF2N3O3/c1-28-17-5-3-12(7-16(17)23)19-24-20(29-25-19)13-8-18(27)26(10-13)9-11-2-4-15(22)14(21)6-11/h2-7,13H,8-10H2,1H3. The summed E-state index contributed by atoms with van der Waals surface area (Å²) in [4.78, 5) is 18.3. The molecule has 6 nitrogen and oxygen atoms in total. The summed E-state index contributed by atoms with van der Waals surface area (Å²) in [5.74, 6) is -0.725. The van der Waals surface area contributed by atoms with Gasteiger partial charge in [0.15, 0.2) is 11.6 Å². The molecule has 0 N–H and O–H groups in total. The topological polar surface area (TPSA) is 68.5 Å². The summed E-state index contributed by atoms with van der Waals surface area (Å²) in [6.45, 7) is 0.687. The van der Waals surface area contributed by atoms with E-state index in [1.54, 1.807) is 17.0 Å². The van der Waals surface area contributed by atoms with Crippen LogP contribution in [-0.2, 0) is 11.3 Å². The lowest BCUT2D eigenvalue weighted by Gasteiger charge is -2.16.